The molecular weight excluding hydrogens is 252 g/mol. The highest BCUT2D eigenvalue weighted by atomic mass is 16.5. The van der Waals surface area contributed by atoms with Crippen molar-refractivity contribution in [1.82, 2.24) is 15.0 Å². The van der Waals surface area contributed by atoms with E-state index in [4.69, 9.17) is 10.5 Å². The van der Waals surface area contributed by atoms with Crippen molar-refractivity contribution in [2.45, 2.75) is 57.7 Å². The summed E-state index contributed by atoms with van der Waals surface area (Å²) in [6.45, 7) is 2.31. The van der Waals surface area contributed by atoms with Gasteiger partial charge in [0, 0.05) is 0 Å². The molecule has 4 bridgehead atoms. The number of hydrogen-bond donors (Lipinski definition) is 1. The van der Waals surface area contributed by atoms with Crippen molar-refractivity contribution in [2.24, 2.45) is 17.8 Å². The zero-order valence-electron chi connectivity index (χ0n) is 12.0. The molecule has 4 fully saturated rings. The Morgan fingerprint density at radius 3 is 2.20 bits per heavy atom. The Morgan fingerprint density at radius 2 is 1.65 bits per heavy atom. The number of nitrogen functional groups attached to an aromatic ring is 1. The van der Waals surface area contributed by atoms with Gasteiger partial charge in [0.05, 0.1) is 5.60 Å². The van der Waals surface area contributed by atoms with E-state index in [1.54, 1.807) is 0 Å². The molecule has 0 atom stereocenters. The summed E-state index contributed by atoms with van der Waals surface area (Å²) >= 11 is 0. The lowest BCUT2D eigenvalue weighted by Crippen LogP contribution is -2.51. The lowest BCUT2D eigenvalue weighted by Gasteiger charge is -2.56. The maximum Gasteiger partial charge on any atom is 0.223 e. The zero-order valence-corrected chi connectivity index (χ0v) is 12.0. The van der Waals surface area contributed by atoms with Gasteiger partial charge >= 0.3 is 0 Å². The summed E-state index contributed by atoms with van der Waals surface area (Å²) < 4.78 is 6.33. The minimum absolute atomic E-state index is 0.101. The van der Waals surface area contributed by atoms with E-state index in [0.717, 1.165) is 17.8 Å². The van der Waals surface area contributed by atoms with Gasteiger partial charge in [-0.05, 0) is 63.2 Å². The van der Waals surface area contributed by atoms with Gasteiger partial charge in [-0.1, -0.05) is 0 Å². The number of anilines is 1. The standard InChI is InChI=1S/C15H22N4O/c1-9-17-13(19-14(16)18-9)8-20-15-5-10-2-11(6-15)4-12(3-10)7-15/h10-12H,2-8H2,1H3,(H2,16,17,18,19). The van der Waals surface area contributed by atoms with Crippen LogP contribution in [0.15, 0.2) is 0 Å². The molecule has 2 N–H and O–H groups in total. The molecule has 0 radical (unpaired) electrons. The maximum atomic E-state index is 6.33. The fourth-order valence-electron chi connectivity index (χ4n) is 5.05. The second kappa shape index (κ2) is 4.38. The predicted molar refractivity (Wildman–Crippen MR) is 74.7 cm³/mol. The largest absolute Gasteiger partial charge is 0.368 e. The van der Waals surface area contributed by atoms with Crippen molar-refractivity contribution in [1.29, 1.82) is 0 Å². The Balaban J connectivity index is 1.49. The molecule has 4 aliphatic rings. The molecule has 0 aliphatic heterocycles. The Kier molecular flexibility index (Phi) is 2.74. The third-order valence-electron chi connectivity index (χ3n) is 5.30. The first-order valence-electron chi connectivity index (χ1n) is 7.71. The van der Waals surface area contributed by atoms with Crippen LogP contribution in [0.4, 0.5) is 5.95 Å². The van der Waals surface area contributed by atoms with E-state index in [-0.39, 0.29) is 5.60 Å². The van der Waals surface area contributed by atoms with Crippen LogP contribution < -0.4 is 5.73 Å². The van der Waals surface area contributed by atoms with Crippen LogP contribution in [0.3, 0.4) is 0 Å². The summed E-state index contributed by atoms with van der Waals surface area (Å²) in [4.78, 5) is 12.5. The molecule has 5 nitrogen and oxygen atoms in total. The lowest BCUT2D eigenvalue weighted by atomic mass is 9.54. The second-order valence-corrected chi connectivity index (χ2v) is 7.05. The average Bonchev–Trinajstić information content (AvgIpc) is 2.34. The molecule has 4 aliphatic carbocycles. The Hall–Kier alpha value is -1.23. The van der Waals surface area contributed by atoms with Gasteiger partial charge in [0.25, 0.3) is 0 Å². The van der Waals surface area contributed by atoms with Crippen molar-refractivity contribution in [2.75, 3.05) is 5.73 Å². The second-order valence-electron chi connectivity index (χ2n) is 7.05. The van der Waals surface area contributed by atoms with Gasteiger partial charge in [-0.2, -0.15) is 9.97 Å². The van der Waals surface area contributed by atoms with Crippen LogP contribution in [-0.4, -0.2) is 20.6 Å². The number of ether oxygens (including phenoxy) is 1. The molecule has 0 unspecified atom stereocenters. The number of hydrogen-bond acceptors (Lipinski definition) is 5. The van der Waals surface area contributed by atoms with Crippen molar-refractivity contribution in [3.8, 4) is 0 Å². The van der Waals surface area contributed by atoms with E-state index in [2.05, 4.69) is 15.0 Å². The molecule has 0 spiro atoms. The fraction of sp³-hybridized carbons (Fsp3) is 0.800. The van der Waals surface area contributed by atoms with Gasteiger partial charge in [-0.15, -0.1) is 0 Å². The smallest absolute Gasteiger partial charge is 0.223 e. The molecule has 5 rings (SSSR count). The normalized spacial score (nSPS) is 38.4. The fourth-order valence-corrected chi connectivity index (χ4v) is 5.05. The highest BCUT2D eigenvalue weighted by Crippen LogP contribution is 2.57. The molecule has 0 aromatic carbocycles. The van der Waals surface area contributed by atoms with Gasteiger partial charge in [0.15, 0.2) is 5.82 Å². The number of rotatable bonds is 3. The van der Waals surface area contributed by atoms with Gasteiger partial charge in [0.2, 0.25) is 5.95 Å². The van der Waals surface area contributed by atoms with Crippen LogP contribution in [0.5, 0.6) is 0 Å². The highest BCUT2D eigenvalue weighted by Gasteiger charge is 2.51. The summed E-state index contributed by atoms with van der Waals surface area (Å²) in [6.07, 6.45) is 8.00. The minimum atomic E-state index is 0.101. The van der Waals surface area contributed by atoms with E-state index >= 15 is 0 Å². The van der Waals surface area contributed by atoms with Crippen molar-refractivity contribution >= 4 is 5.95 Å². The van der Waals surface area contributed by atoms with Crippen LogP contribution in [0.2, 0.25) is 0 Å². The molecule has 1 aromatic rings. The Morgan fingerprint density at radius 1 is 1.05 bits per heavy atom. The monoisotopic (exact) mass is 274 g/mol. The predicted octanol–water partition coefficient (Wildman–Crippen LogP) is 2.25. The first kappa shape index (κ1) is 12.5. The number of aromatic nitrogens is 3. The van der Waals surface area contributed by atoms with Crippen molar-refractivity contribution < 1.29 is 4.74 Å². The molecular formula is C15H22N4O. The van der Waals surface area contributed by atoms with Crippen LogP contribution in [0, 0.1) is 24.7 Å². The summed E-state index contributed by atoms with van der Waals surface area (Å²) in [6, 6.07) is 0. The molecule has 4 saturated carbocycles. The average molecular weight is 274 g/mol. The first-order chi connectivity index (χ1) is 9.60. The SMILES string of the molecule is Cc1nc(N)nc(COC23CC4CC(CC(C4)C2)C3)n1. The zero-order chi connectivity index (χ0) is 13.7. The van der Waals surface area contributed by atoms with Crippen LogP contribution in [0.1, 0.15) is 50.2 Å². The summed E-state index contributed by atoms with van der Waals surface area (Å²) in [5, 5.41) is 0. The Labute approximate surface area is 119 Å². The number of aryl methyl sites for hydroxylation is 1. The summed E-state index contributed by atoms with van der Waals surface area (Å²) in [5.41, 5.74) is 5.78. The third kappa shape index (κ3) is 2.18. The molecule has 5 heteroatoms. The molecule has 1 heterocycles. The van der Waals surface area contributed by atoms with E-state index in [1.807, 2.05) is 6.92 Å². The quantitative estimate of drug-likeness (QED) is 0.915. The van der Waals surface area contributed by atoms with Gasteiger partial charge in [0.1, 0.15) is 12.4 Å². The Bertz CT molecular complexity index is 475. The summed E-state index contributed by atoms with van der Waals surface area (Å²) in [7, 11) is 0. The van der Waals surface area contributed by atoms with Crippen molar-refractivity contribution in [3.05, 3.63) is 11.6 Å². The number of nitrogens with zero attached hydrogens (tertiary/aromatic N) is 3. The van der Waals surface area contributed by atoms with Gasteiger partial charge in [-0.25, -0.2) is 4.98 Å². The molecule has 0 saturated heterocycles. The third-order valence-corrected chi connectivity index (χ3v) is 5.30. The highest BCUT2D eigenvalue weighted by molar-refractivity contribution is 5.15. The van der Waals surface area contributed by atoms with E-state index in [1.165, 1.54) is 38.5 Å². The molecule has 108 valence electrons. The van der Waals surface area contributed by atoms with Crippen LogP contribution in [-0.2, 0) is 11.3 Å². The minimum Gasteiger partial charge on any atom is -0.368 e. The van der Waals surface area contributed by atoms with E-state index in [9.17, 15) is 0 Å². The molecule has 1 aromatic heterocycles. The molecule has 0 amide bonds. The van der Waals surface area contributed by atoms with E-state index in [0.29, 0.717) is 24.2 Å². The van der Waals surface area contributed by atoms with E-state index < -0.39 is 0 Å². The van der Waals surface area contributed by atoms with Crippen molar-refractivity contribution in [3.63, 3.8) is 0 Å². The van der Waals surface area contributed by atoms with Gasteiger partial charge in [-0.3, -0.25) is 0 Å². The maximum absolute atomic E-state index is 6.33. The van der Waals surface area contributed by atoms with Gasteiger partial charge < -0.3 is 10.5 Å². The van der Waals surface area contributed by atoms with Crippen LogP contribution >= 0.6 is 0 Å². The lowest BCUT2D eigenvalue weighted by molar-refractivity contribution is -0.170. The summed E-state index contributed by atoms with van der Waals surface area (Å²) in [5.74, 6) is 4.32. The molecule has 20 heavy (non-hydrogen) atoms. The number of nitrogens with two attached hydrogens (primary N) is 1. The van der Waals surface area contributed by atoms with Crippen LogP contribution in [0.25, 0.3) is 0 Å². The topological polar surface area (TPSA) is 73.9 Å². The first-order valence-corrected chi connectivity index (χ1v) is 7.71.